The fourth-order valence-corrected chi connectivity index (χ4v) is 1.40. The largest absolute Gasteiger partial charge is 0.348 e. The molecule has 1 amide bonds. The van der Waals surface area contributed by atoms with Crippen LogP contribution in [0.1, 0.15) is 38.1 Å². The second-order valence-electron chi connectivity index (χ2n) is 4.73. The minimum atomic E-state index is -0.857. The second kappa shape index (κ2) is 4.25. The van der Waals surface area contributed by atoms with Gasteiger partial charge in [-0.25, -0.2) is 0 Å². The third-order valence-electron chi connectivity index (χ3n) is 2.67. The fraction of sp³-hybridized carbons (Fsp3) is 0.636. The molecule has 1 aromatic heterocycles. The Kier molecular flexibility index (Phi) is 3.38. The van der Waals surface area contributed by atoms with E-state index in [1.165, 1.54) is 0 Å². The summed E-state index contributed by atoms with van der Waals surface area (Å²) in [5, 5.41) is 7.01. The summed E-state index contributed by atoms with van der Waals surface area (Å²) >= 11 is 0. The lowest BCUT2D eigenvalue weighted by molar-refractivity contribution is -0.125. The van der Waals surface area contributed by atoms with E-state index in [0.717, 1.165) is 11.3 Å². The molecule has 5 nitrogen and oxygen atoms in total. The fourth-order valence-electron chi connectivity index (χ4n) is 1.40. The number of nitrogens with two attached hydrogens (primary N) is 1. The highest BCUT2D eigenvalue weighted by Gasteiger charge is 2.24. The number of hydrogen-bond acceptors (Lipinski definition) is 3. The van der Waals surface area contributed by atoms with Gasteiger partial charge in [0.2, 0.25) is 5.91 Å². The number of carbonyl (C=O) groups excluding carboxylic acids is 1. The number of aryl methyl sites for hydroxylation is 1. The normalized spacial score (nSPS) is 13.6. The maximum Gasteiger partial charge on any atom is 0.239 e. The van der Waals surface area contributed by atoms with Gasteiger partial charge in [-0.05, 0) is 27.7 Å². The molecule has 0 aliphatic rings. The number of rotatable bonds is 3. The first-order chi connectivity index (χ1) is 7.23. The van der Waals surface area contributed by atoms with Gasteiger partial charge in [0.15, 0.2) is 0 Å². The topological polar surface area (TPSA) is 72.9 Å². The van der Waals surface area contributed by atoms with Crippen LogP contribution < -0.4 is 11.1 Å². The predicted molar refractivity (Wildman–Crippen MR) is 62.8 cm³/mol. The molecule has 5 heteroatoms. The molecule has 1 aromatic rings. The molecule has 0 bridgehead atoms. The van der Waals surface area contributed by atoms with Crippen molar-refractivity contribution in [2.75, 3.05) is 0 Å². The summed E-state index contributed by atoms with van der Waals surface area (Å²) in [6.45, 7) is 7.27. The molecule has 16 heavy (non-hydrogen) atoms. The van der Waals surface area contributed by atoms with Crippen molar-refractivity contribution in [3.63, 3.8) is 0 Å². The van der Waals surface area contributed by atoms with Gasteiger partial charge in [0.25, 0.3) is 0 Å². The maximum absolute atomic E-state index is 11.7. The van der Waals surface area contributed by atoms with E-state index < -0.39 is 5.54 Å². The molecule has 0 saturated heterocycles. The van der Waals surface area contributed by atoms with Gasteiger partial charge in [0, 0.05) is 18.3 Å². The molecule has 0 fully saturated rings. The molecule has 1 heterocycles. The van der Waals surface area contributed by atoms with E-state index >= 15 is 0 Å². The molecule has 0 aliphatic carbocycles. The molecule has 0 spiro atoms. The summed E-state index contributed by atoms with van der Waals surface area (Å²) < 4.78 is 1.78. The van der Waals surface area contributed by atoms with Crippen molar-refractivity contribution in [1.82, 2.24) is 15.1 Å². The van der Waals surface area contributed by atoms with Crippen LogP contribution in [0.4, 0.5) is 0 Å². The summed E-state index contributed by atoms with van der Waals surface area (Å²) in [7, 11) is 1.88. The molecule has 3 N–H and O–H groups in total. The average molecular weight is 224 g/mol. The Morgan fingerprint density at radius 1 is 1.62 bits per heavy atom. The van der Waals surface area contributed by atoms with E-state index in [1.54, 1.807) is 24.7 Å². The Balaban J connectivity index is 2.77. The van der Waals surface area contributed by atoms with Crippen molar-refractivity contribution in [3.8, 4) is 0 Å². The molecule has 0 radical (unpaired) electrons. The van der Waals surface area contributed by atoms with E-state index in [0.29, 0.717) is 0 Å². The Morgan fingerprint density at radius 2 is 2.19 bits per heavy atom. The van der Waals surface area contributed by atoms with Gasteiger partial charge in [-0.15, -0.1) is 0 Å². The number of hydrogen-bond donors (Lipinski definition) is 2. The molecule has 1 rings (SSSR count). The van der Waals surface area contributed by atoms with E-state index in [9.17, 15) is 4.79 Å². The molecular formula is C11H20N4O. The zero-order valence-corrected chi connectivity index (χ0v) is 10.5. The highest BCUT2D eigenvalue weighted by atomic mass is 16.2. The van der Waals surface area contributed by atoms with Crippen molar-refractivity contribution in [3.05, 3.63) is 17.5 Å². The van der Waals surface area contributed by atoms with Crippen molar-refractivity contribution in [2.45, 2.75) is 39.3 Å². The number of carbonyl (C=O) groups is 1. The smallest absolute Gasteiger partial charge is 0.239 e. The lowest BCUT2D eigenvalue weighted by Crippen LogP contribution is -2.49. The molecule has 0 saturated carbocycles. The van der Waals surface area contributed by atoms with Crippen molar-refractivity contribution in [1.29, 1.82) is 0 Å². The standard InChI is InChI=1S/C11H20N4O/c1-7(14-10(16)11(3,4)12)9-6-13-15(5)8(9)2/h6-7H,12H2,1-5H3,(H,14,16). The zero-order chi connectivity index (χ0) is 12.5. The van der Waals surface area contributed by atoms with Crippen LogP contribution in [0.15, 0.2) is 6.20 Å². The highest BCUT2D eigenvalue weighted by Crippen LogP contribution is 2.16. The van der Waals surface area contributed by atoms with Gasteiger partial charge < -0.3 is 11.1 Å². The van der Waals surface area contributed by atoms with Gasteiger partial charge in [-0.2, -0.15) is 5.10 Å². The summed E-state index contributed by atoms with van der Waals surface area (Å²) in [5.74, 6) is -0.164. The average Bonchev–Trinajstić information content (AvgIpc) is 2.46. The summed E-state index contributed by atoms with van der Waals surface area (Å²) in [6.07, 6.45) is 1.77. The quantitative estimate of drug-likeness (QED) is 0.791. The summed E-state index contributed by atoms with van der Waals surface area (Å²) in [5.41, 5.74) is 6.92. The van der Waals surface area contributed by atoms with Crippen LogP contribution in [0.5, 0.6) is 0 Å². The van der Waals surface area contributed by atoms with Crippen LogP contribution in [-0.2, 0) is 11.8 Å². The lowest BCUT2D eigenvalue weighted by Gasteiger charge is -2.21. The van der Waals surface area contributed by atoms with Gasteiger partial charge in [0.05, 0.1) is 17.8 Å². The van der Waals surface area contributed by atoms with Crippen molar-refractivity contribution >= 4 is 5.91 Å². The minimum Gasteiger partial charge on any atom is -0.348 e. The SMILES string of the molecule is Cc1c(C(C)NC(=O)C(C)(C)N)cnn1C. The van der Waals surface area contributed by atoms with E-state index in [4.69, 9.17) is 5.73 Å². The number of nitrogens with zero attached hydrogens (tertiary/aromatic N) is 2. The maximum atomic E-state index is 11.7. The first kappa shape index (κ1) is 12.7. The van der Waals surface area contributed by atoms with Crippen molar-refractivity contribution < 1.29 is 4.79 Å². The number of amides is 1. The molecule has 0 aliphatic heterocycles. The first-order valence-corrected chi connectivity index (χ1v) is 5.32. The molecule has 90 valence electrons. The third-order valence-corrected chi connectivity index (χ3v) is 2.67. The zero-order valence-electron chi connectivity index (χ0n) is 10.5. The molecule has 0 aromatic carbocycles. The Morgan fingerprint density at radius 3 is 2.56 bits per heavy atom. The summed E-state index contributed by atoms with van der Waals surface area (Å²) in [6, 6.07) is -0.0796. The number of nitrogens with one attached hydrogen (secondary N) is 1. The Hall–Kier alpha value is -1.36. The molecule has 1 unspecified atom stereocenters. The van der Waals surface area contributed by atoms with Crippen LogP contribution in [0.25, 0.3) is 0 Å². The van der Waals surface area contributed by atoms with Gasteiger partial charge >= 0.3 is 0 Å². The van der Waals surface area contributed by atoms with Crippen LogP contribution >= 0.6 is 0 Å². The molecule has 1 atom stereocenters. The van der Waals surface area contributed by atoms with Gasteiger partial charge in [0.1, 0.15) is 0 Å². The van der Waals surface area contributed by atoms with Crippen LogP contribution in [0.2, 0.25) is 0 Å². The number of aromatic nitrogens is 2. The van der Waals surface area contributed by atoms with E-state index in [2.05, 4.69) is 10.4 Å². The molecular weight excluding hydrogens is 204 g/mol. The lowest BCUT2D eigenvalue weighted by atomic mass is 10.0. The Bertz CT molecular complexity index is 389. The second-order valence-corrected chi connectivity index (χ2v) is 4.73. The van der Waals surface area contributed by atoms with E-state index in [-0.39, 0.29) is 11.9 Å². The highest BCUT2D eigenvalue weighted by molar-refractivity contribution is 5.85. The van der Waals surface area contributed by atoms with E-state index in [1.807, 2.05) is 20.9 Å². The minimum absolute atomic E-state index is 0.0796. The van der Waals surface area contributed by atoms with Crippen LogP contribution in [-0.4, -0.2) is 21.2 Å². The van der Waals surface area contributed by atoms with Crippen LogP contribution in [0, 0.1) is 6.92 Å². The third kappa shape index (κ3) is 2.61. The Labute approximate surface area is 96.0 Å². The van der Waals surface area contributed by atoms with Crippen molar-refractivity contribution in [2.24, 2.45) is 12.8 Å². The first-order valence-electron chi connectivity index (χ1n) is 5.32. The van der Waals surface area contributed by atoms with Gasteiger partial charge in [-0.3, -0.25) is 9.48 Å². The van der Waals surface area contributed by atoms with Crippen LogP contribution in [0.3, 0.4) is 0 Å². The van der Waals surface area contributed by atoms with Gasteiger partial charge in [-0.1, -0.05) is 0 Å². The monoisotopic (exact) mass is 224 g/mol. The predicted octanol–water partition coefficient (Wildman–Crippen LogP) is 0.643. The summed E-state index contributed by atoms with van der Waals surface area (Å²) in [4.78, 5) is 11.7.